The second-order valence-electron chi connectivity index (χ2n) is 2.46. The van der Waals surface area contributed by atoms with Crippen LogP contribution in [-0.4, -0.2) is 29.5 Å². The van der Waals surface area contributed by atoms with Crippen LogP contribution in [0.2, 0.25) is 0 Å². The van der Waals surface area contributed by atoms with Crippen LogP contribution in [0.5, 0.6) is 0 Å². The molecule has 1 aromatic rings. The monoisotopic (exact) mass is 259 g/mol. The summed E-state index contributed by atoms with van der Waals surface area (Å²) in [4.78, 5) is 18.6. The molecule has 0 aliphatic carbocycles. The Hall–Kier alpha value is -1.37. The van der Waals surface area contributed by atoms with Gasteiger partial charge in [-0.05, 0) is 15.9 Å². The average molecular weight is 260 g/mol. The third-order valence-corrected chi connectivity index (χ3v) is 1.83. The molecule has 0 saturated heterocycles. The molecule has 1 rings (SSSR count). The van der Waals surface area contributed by atoms with Gasteiger partial charge in [0.1, 0.15) is 10.4 Å². The molecule has 0 saturated carbocycles. The predicted octanol–water partition coefficient (Wildman–Crippen LogP) is -0.0208. The number of nitrogen functional groups attached to an aromatic ring is 1. The van der Waals surface area contributed by atoms with Crippen molar-refractivity contribution in [1.29, 1.82) is 0 Å². The fourth-order valence-electron chi connectivity index (χ4n) is 0.785. The Balaban J connectivity index is 2.63. The number of likely N-dealkylation sites (N-methyl/N-ethyl adjacent to an activating group) is 1. The number of nitrogens with zero attached hydrogens (tertiary/aromatic N) is 2. The molecule has 1 amide bonds. The summed E-state index contributed by atoms with van der Waals surface area (Å²) in [5.41, 5.74) is 5.41. The SMILES string of the molecule is CNC(=O)CNc1cc(Br)nc(N)n1. The van der Waals surface area contributed by atoms with Gasteiger partial charge in [0.05, 0.1) is 6.54 Å². The summed E-state index contributed by atoms with van der Waals surface area (Å²) in [5, 5.41) is 5.28. The maximum Gasteiger partial charge on any atom is 0.239 e. The first-order chi connectivity index (χ1) is 6.61. The van der Waals surface area contributed by atoms with Gasteiger partial charge in [-0.15, -0.1) is 0 Å². The minimum absolute atomic E-state index is 0.127. The van der Waals surface area contributed by atoms with E-state index in [0.29, 0.717) is 10.4 Å². The van der Waals surface area contributed by atoms with Crippen LogP contribution < -0.4 is 16.4 Å². The number of carbonyl (C=O) groups is 1. The molecule has 0 bridgehead atoms. The van der Waals surface area contributed by atoms with Crippen molar-refractivity contribution in [2.24, 2.45) is 0 Å². The van der Waals surface area contributed by atoms with E-state index >= 15 is 0 Å². The van der Waals surface area contributed by atoms with Crippen LogP contribution in [0.3, 0.4) is 0 Å². The van der Waals surface area contributed by atoms with Gasteiger partial charge in [-0.25, -0.2) is 4.98 Å². The largest absolute Gasteiger partial charge is 0.368 e. The van der Waals surface area contributed by atoms with Gasteiger partial charge >= 0.3 is 0 Å². The highest BCUT2D eigenvalue weighted by Crippen LogP contribution is 2.12. The van der Waals surface area contributed by atoms with E-state index in [4.69, 9.17) is 5.73 Å². The Morgan fingerprint density at radius 3 is 2.93 bits per heavy atom. The lowest BCUT2D eigenvalue weighted by molar-refractivity contribution is -0.118. The van der Waals surface area contributed by atoms with E-state index in [1.807, 2.05) is 0 Å². The van der Waals surface area contributed by atoms with Gasteiger partial charge in [-0.2, -0.15) is 4.98 Å². The molecule has 0 atom stereocenters. The normalized spacial score (nSPS) is 9.57. The van der Waals surface area contributed by atoms with E-state index in [1.54, 1.807) is 13.1 Å². The van der Waals surface area contributed by atoms with Gasteiger partial charge in [0.25, 0.3) is 0 Å². The number of rotatable bonds is 3. The van der Waals surface area contributed by atoms with Crippen molar-refractivity contribution < 1.29 is 4.79 Å². The zero-order valence-electron chi connectivity index (χ0n) is 7.54. The van der Waals surface area contributed by atoms with Gasteiger partial charge in [-0.3, -0.25) is 4.79 Å². The molecule has 0 unspecified atom stereocenters. The molecule has 0 radical (unpaired) electrons. The minimum Gasteiger partial charge on any atom is -0.368 e. The minimum atomic E-state index is -0.127. The van der Waals surface area contributed by atoms with Crippen LogP contribution in [0.15, 0.2) is 10.7 Å². The lowest BCUT2D eigenvalue weighted by Gasteiger charge is -2.04. The third-order valence-electron chi connectivity index (χ3n) is 1.42. The molecule has 0 aliphatic rings. The van der Waals surface area contributed by atoms with Crippen molar-refractivity contribution in [3.8, 4) is 0 Å². The van der Waals surface area contributed by atoms with Crippen molar-refractivity contribution in [3.05, 3.63) is 10.7 Å². The first kappa shape index (κ1) is 10.7. The van der Waals surface area contributed by atoms with Crippen LogP contribution in [0, 0.1) is 0 Å². The zero-order valence-corrected chi connectivity index (χ0v) is 9.13. The van der Waals surface area contributed by atoms with E-state index in [-0.39, 0.29) is 18.4 Å². The smallest absolute Gasteiger partial charge is 0.239 e. The van der Waals surface area contributed by atoms with Crippen molar-refractivity contribution in [2.75, 3.05) is 24.6 Å². The van der Waals surface area contributed by atoms with Crippen LogP contribution >= 0.6 is 15.9 Å². The Kier molecular flexibility index (Phi) is 3.63. The fourth-order valence-corrected chi connectivity index (χ4v) is 1.18. The molecule has 14 heavy (non-hydrogen) atoms. The van der Waals surface area contributed by atoms with Gasteiger partial charge in [0.15, 0.2) is 0 Å². The molecular weight excluding hydrogens is 250 g/mol. The number of aromatic nitrogens is 2. The number of hydrogen-bond acceptors (Lipinski definition) is 5. The second-order valence-corrected chi connectivity index (χ2v) is 3.27. The Morgan fingerprint density at radius 1 is 1.64 bits per heavy atom. The second kappa shape index (κ2) is 4.75. The summed E-state index contributed by atoms with van der Waals surface area (Å²) >= 11 is 3.17. The number of carbonyl (C=O) groups excluding carboxylic acids is 1. The van der Waals surface area contributed by atoms with E-state index < -0.39 is 0 Å². The first-order valence-electron chi connectivity index (χ1n) is 3.86. The molecule has 4 N–H and O–H groups in total. The highest BCUT2D eigenvalue weighted by molar-refractivity contribution is 9.10. The number of anilines is 2. The van der Waals surface area contributed by atoms with E-state index in [2.05, 4.69) is 36.5 Å². The quantitative estimate of drug-likeness (QED) is 0.664. The van der Waals surface area contributed by atoms with E-state index in [1.165, 1.54) is 0 Å². The Bertz CT molecular complexity index is 323. The zero-order chi connectivity index (χ0) is 10.6. The van der Waals surface area contributed by atoms with Crippen LogP contribution in [0.1, 0.15) is 0 Å². The Labute approximate surface area is 89.4 Å². The van der Waals surface area contributed by atoms with Gasteiger partial charge < -0.3 is 16.4 Å². The summed E-state index contributed by atoms with van der Waals surface area (Å²) in [7, 11) is 1.56. The molecular formula is C7H10BrN5O. The highest BCUT2D eigenvalue weighted by atomic mass is 79.9. The number of nitrogens with one attached hydrogen (secondary N) is 2. The lowest BCUT2D eigenvalue weighted by atomic mass is 10.5. The molecule has 76 valence electrons. The lowest BCUT2D eigenvalue weighted by Crippen LogP contribution is -2.26. The van der Waals surface area contributed by atoms with E-state index in [9.17, 15) is 4.79 Å². The average Bonchev–Trinajstić information content (AvgIpc) is 2.12. The van der Waals surface area contributed by atoms with Gasteiger partial charge in [0, 0.05) is 13.1 Å². The molecule has 0 spiro atoms. The van der Waals surface area contributed by atoms with Crippen LogP contribution in [0.4, 0.5) is 11.8 Å². The highest BCUT2D eigenvalue weighted by Gasteiger charge is 2.01. The van der Waals surface area contributed by atoms with E-state index in [0.717, 1.165) is 0 Å². The molecule has 0 aliphatic heterocycles. The van der Waals surface area contributed by atoms with Crippen LogP contribution in [0.25, 0.3) is 0 Å². The van der Waals surface area contributed by atoms with Gasteiger partial charge in [0.2, 0.25) is 11.9 Å². The molecule has 6 nitrogen and oxygen atoms in total. The number of nitrogens with two attached hydrogens (primary N) is 1. The third kappa shape index (κ3) is 3.17. The van der Waals surface area contributed by atoms with Crippen molar-refractivity contribution in [1.82, 2.24) is 15.3 Å². The number of halogens is 1. The summed E-state index contributed by atoms with van der Waals surface area (Å²) in [6.45, 7) is 0.152. The number of amides is 1. The summed E-state index contributed by atoms with van der Waals surface area (Å²) in [6, 6.07) is 1.64. The van der Waals surface area contributed by atoms with Crippen molar-refractivity contribution in [2.45, 2.75) is 0 Å². The fraction of sp³-hybridized carbons (Fsp3) is 0.286. The Morgan fingerprint density at radius 2 is 2.36 bits per heavy atom. The molecule has 0 fully saturated rings. The topological polar surface area (TPSA) is 92.9 Å². The van der Waals surface area contributed by atoms with Gasteiger partial charge in [-0.1, -0.05) is 0 Å². The maximum atomic E-state index is 10.9. The standard InChI is InChI=1S/C7H10BrN5O/c1-10-6(14)3-11-5-2-4(8)12-7(9)13-5/h2H,3H2,1H3,(H,10,14)(H3,9,11,12,13). The van der Waals surface area contributed by atoms with Crippen molar-refractivity contribution >= 4 is 33.6 Å². The summed E-state index contributed by atoms with van der Waals surface area (Å²) < 4.78 is 0.574. The van der Waals surface area contributed by atoms with Crippen molar-refractivity contribution in [3.63, 3.8) is 0 Å². The first-order valence-corrected chi connectivity index (χ1v) is 4.65. The molecule has 1 aromatic heterocycles. The maximum absolute atomic E-state index is 10.9. The predicted molar refractivity (Wildman–Crippen MR) is 56.7 cm³/mol. The molecule has 7 heteroatoms. The molecule has 0 aromatic carbocycles. The summed E-state index contributed by atoms with van der Waals surface area (Å²) in [6.07, 6.45) is 0. The molecule has 1 heterocycles. The number of hydrogen-bond donors (Lipinski definition) is 3. The summed E-state index contributed by atoms with van der Waals surface area (Å²) in [5.74, 6) is 0.532. The van der Waals surface area contributed by atoms with Crippen LogP contribution in [-0.2, 0) is 4.79 Å².